The minimum atomic E-state index is -0.423. The normalized spacial score (nSPS) is 19.8. The van der Waals surface area contributed by atoms with Crippen molar-refractivity contribution in [2.24, 2.45) is 5.41 Å². The summed E-state index contributed by atoms with van der Waals surface area (Å²) in [5.74, 6) is 0. The van der Waals surface area contributed by atoms with Crippen molar-refractivity contribution in [1.82, 2.24) is 10.2 Å². The molecule has 0 aromatic heterocycles. The van der Waals surface area contributed by atoms with Crippen LogP contribution in [0.4, 0.5) is 4.79 Å². The molecule has 1 rings (SSSR count). The SMILES string of the molecule is CCOCC(C)NCC1(C)CCN(C(=O)OC(C)(C)C)CC1. The highest BCUT2D eigenvalue weighted by atomic mass is 16.6. The van der Waals surface area contributed by atoms with Gasteiger partial charge in [0.2, 0.25) is 0 Å². The molecule has 0 aromatic rings. The number of ether oxygens (including phenoxy) is 2. The van der Waals surface area contributed by atoms with E-state index in [0.29, 0.717) is 6.04 Å². The van der Waals surface area contributed by atoms with E-state index in [2.05, 4.69) is 19.2 Å². The fourth-order valence-electron chi connectivity index (χ4n) is 2.51. The lowest BCUT2D eigenvalue weighted by atomic mass is 9.80. The van der Waals surface area contributed by atoms with Crippen molar-refractivity contribution in [2.45, 2.75) is 66.0 Å². The van der Waals surface area contributed by atoms with Crippen molar-refractivity contribution < 1.29 is 14.3 Å². The number of likely N-dealkylation sites (tertiary alicyclic amines) is 1. The zero-order valence-electron chi connectivity index (χ0n) is 15.2. The molecule has 1 aliphatic heterocycles. The highest BCUT2D eigenvalue weighted by Gasteiger charge is 2.33. The summed E-state index contributed by atoms with van der Waals surface area (Å²) >= 11 is 0. The Kier molecular flexibility index (Phi) is 7.13. The lowest BCUT2D eigenvalue weighted by Gasteiger charge is -2.40. The molecule has 0 spiro atoms. The molecule has 0 bridgehead atoms. The van der Waals surface area contributed by atoms with Gasteiger partial charge in [0, 0.05) is 32.3 Å². The van der Waals surface area contributed by atoms with Crippen molar-refractivity contribution in [3.8, 4) is 0 Å². The van der Waals surface area contributed by atoms with E-state index in [0.717, 1.165) is 45.7 Å². The van der Waals surface area contributed by atoms with Gasteiger partial charge in [-0.3, -0.25) is 0 Å². The lowest BCUT2D eigenvalue weighted by molar-refractivity contribution is 0.0114. The molecule has 0 radical (unpaired) electrons. The number of carbonyl (C=O) groups excluding carboxylic acids is 1. The number of amides is 1. The summed E-state index contributed by atoms with van der Waals surface area (Å²) in [6, 6.07) is 0.362. The van der Waals surface area contributed by atoms with Gasteiger partial charge in [-0.1, -0.05) is 6.92 Å². The van der Waals surface area contributed by atoms with Crippen LogP contribution in [0.5, 0.6) is 0 Å². The number of hydrogen-bond acceptors (Lipinski definition) is 4. The van der Waals surface area contributed by atoms with Crippen LogP contribution in [0.25, 0.3) is 0 Å². The Labute approximate surface area is 135 Å². The summed E-state index contributed by atoms with van der Waals surface area (Å²) in [7, 11) is 0. The van der Waals surface area contributed by atoms with Crippen molar-refractivity contribution >= 4 is 6.09 Å². The predicted octanol–water partition coefficient (Wildman–Crippen LogP) is 3.04. The molecule has 5 heteroatoms. The first kappa shape index (κ1) is 19.2. The van der Waals surface area contributed by atoms with Crippen LogP contribution >= 0.6 is 0 Å². The average molecular weight is 314 g/mol. The number of rotatable bonds is 6. The Bertz CT molecular complexity index is 344. The van der Waals surface area contributed by atoms with Crippen LogP contribution in [0, 0.1) is 5.41 Å². The smallest absolute Gasteiger partial charge is 0.410 e. The molecule has 22 heavy (non-hydrogen) atoms. The maximum Gasteiger partial charge on any atom is 0.410 e. The van der Waals surface area contributed by atoms with Gasteiger partial charge in [-0.05, 0) is 52.9 Å². The van der Waals surface area contributed by atoms with E-state index in [1.165, 1.54) is 0 Å². The molecule has 1 unspecified atom stereocenters. The van der Waals surface area contributed by atoms with Gasteiger partial charge in [0.15, 0.2) is 0 Å². The molecular weight excluding hydrogens is 280 g/mol. The molecule has 1 N–H and O–H groups in total. The maximum atomic E-state index is 12.1. The average Bonchev–Trinajstić information content (AvgIpc) is 2.42. The van der Waals surface area contributed by atoms with Crippen LogP contribution in [-0.2, 0) is 9.47 Å². The van der Waals surface area contributed by atoms with E-state index in [1.807, 2.05) is 32.6 Å². The number of piperidine rings is 1. The van der Waals surface area contributed by atoms with E-state index in [1.54, 1.807) is 0 Å². The zero-order valence-corrected chi connectivity index (χ0v) is 15.2. The summed E-state index contributed by atoms with van der Waals surface area (Å²) in [6.07, 6.45) is 1.81. The van der Waals surface area contributed by atoms with E-state index >= 15 is 0 Å². The minimum Gasteiger partial charge on any atom is -0.444 e. The first-order valence-corrected chi connectivity index (χ1v) is 8.44. The van der Waals surface area contributed by atoms with Crippen LogP contribution in [0.1, 0.15) is 54.4 Å². The second-order valence-corrected chi connectivity index (χ2v) is 7.72. The number of hydrogen-bond donors (Lipinski definition) is 1. The first-order chi connectivity index (χ1) is 10.2. The molecule has 1 fully saturated rings. The maximum absolute atomic E-state index is 12.1. The van der Waals surface area contributed by atoms with E-state index < -0.39 is 5.60 Å². The molecule has 5 nitrogen and oxygen atoms in total. The monoisotopic (exact) mass is 314 g/mol. The van der Waals surface area contributed by atoms with Crippen LogP contribution < -0.4 is 5.32 Å². The molecule has 1 aliphatic rings. The summed E-state index contributed by atoms with van der Waals surface area (Å²) < 4.78 is 10.9. The summed E-state index contributed by atoms with van der Waals surface area (Å²) in [5.41, 5.74) is -0.187. The Morgan fingerprint density at radius 1 is 1.32 bits per heavy atom. The van der Waals surface area contributed by atoms with Gasteiger partial charge in [-0.15, -0.1) is 0 Å². The molecule has 0 aromatic carbocycles. The van der Waals surface area contributed by atoms with Gasteiger partial charge in [-0.25, -0.2) is 4.79 Å². The minimum absolute atomic E-state index is 0.188. The molecule has 0 aliphatic carbocycles. The fourth-order valence-corrected chi connectivity index (χ4v) is 2.51. The van der Waals surface area contributed by atoms with Crippen molar-refractivity contribution in [3.63, 3.8) is 0 Å². The van der Waals surface area contributed by atoms with Gasteiger partial charge in [0.05, 0.1) is 6.61 Å². The van der Waals surface area contributed by atoms with E-state index in [-0.39, 0.29) is 11.5 Å². The largest absolute Gasteiger partial charge is 0.444 e. The van der Waals surface area contributed by atoms with Crippen molar-refractivity contribution in [3.05, 3.63) is 0 Å². The van der Waals surface area contributed by atoms with Gasteiger partial charge in [0.25, 0.3) is 0 Å². The Morgan fingerprint density at radius 3 is 2.41 bits per heavy atom. The van der Waals surface area contributed by atoms with Gasteiger partial charge < -0.3 is 19.7 Å². The Balaban J connectivity index is 2.35. The standard InChI is InChI=1S/C17H34N2O3/c1-7-21-12-14(2)18-13-17(6)8-10-19(11-9-17)15(20)22-16(3,4)5/h14,18H,7-13H2,1-6H3. The third-order valence-corrected chi connectivity index (χ3v) is 4.07. The zero-order chi connectivity index (χ0) is 16.8. The Morgan fingerprint density at radius 2 is 1.91 bits per heavy atom. The first-order valence-electron chi connectivity index (χ1n) is 8.44. The number of nitrogens with one attached hydrogen (secondary N) is 1. The van der Waals surface area contributed by atoms with Crippen LogP contribution in [0.15, 0.2) is 0 Å². The predicted molar refractivity (Wildman–Crippen MR) is 89.1 cm³/mol. The molecule has 1 atom stereocenters. The highest BCUT2D eigenvalue weighted by Crippen LogP contribution is 2.30. The molecule has 1 amide bonds. The number of nitrogens with zero attached hydrogens (tertiary/aromatic N) is 1. The van der Waals surface area contributed by atoms with Crippen LogP contribution in [0.3, 0.4) is 0 Å². The molecular formula is C17H34N2O3. The fraction of sp³-hybridized carbons (Fsp3) is 0.941. The van der Waals surface area contributed by atoms with Gasteiger partial charge in [0.1, 0.15) is 5.60 Å². The Hall–Kier alpha value is -0.810. The molecule has 0 saturated carbocycles. The van der Waals surface area contributed by atoms with Gasteiger partial charge in [-0.2, -0.15) is 0 Å². The lowest BCUT2D eigenvalue weighted by Crippen LogP contribution is -2.48. The third kappa shape index (κ3) is 6.97. The summed E-state index contributed by atoms with van der Waals surface area (Å²) in [4.78, 5) is 13.9. The topological polar surface area (TPSA) is 50.8 Å². The third-order valence-electron chi connectivity index (χ3n) is 4.07. The van der Waals surface area contributed by atoms with E-state index in [9.17, 15) is 4.79 Å². The summed E-state index contributed by atoms with van der Waals surface area (Å²) in [6.45, 7) is 16.2. The second-order valence-electron chi connectivity index (χ2n) is 7.72. The molecule has 130 valence electrons. The quantitative estimate of drug-likeness (QED) is 0.819. The van der Waals surface area contributed by atoms with E-state index in [4.69, 9.17) is 9.47 Å². The van der Waals surface area contributed by atoms with Crippen molar-refractivity contribution in [1.29, 1.82) is 0 Å². The second kappa shape index (κ2) is 8.16. The van der Waals surface area contributed by atoms with Crippen molar-refractivity contribution in [2.75, 3.05) is 32.8 Å². The highest BCUT2D eigenvalue weighted by molar-refractivity contribution is 5.68. The molecule has 1 saturated heterocycles. The summed E-state index contributed by atoms with van der Waals surface area (Å²) in [5, 5.41) is 3.55. The van der Waals surface area contributed by atoms with Crippen LogP contribution in [0.2, 0.25) is 0 Å². The molecule has 1 heterocycles. The number of carbonyl (C=O) groups is 1. The van der Waals surface area contributed by atoms with Gasteiger partial charge >= 0.3 is 6.09 Å². The van der Waals surface area contributed by atoms with Crippen LogP contribution in [-0.4, -0.2) is 55.5 Å².